The van der Waals surface area contributed by atoms with E-state index >= 15 is 0 Å². The molecule has 4 heteroatoms. The summed E-state index contributed by atoms with van der Waals surface area (Å²) in [5.74, 6) is 0.806. The fraction of sp³-hybridized carbons (Fsp3) is 0.500. The highest BCUT2D eigenvalue weighted by Crippen LogP contribution is 2.19. The van der Waals surface area contributed by atoms with Gasteiger partial charge in [0.05, 0.1) is 12.3 Å². The summed E-state index contributed by atoms with van der Waals surface area (Å²) in [4.78, 5) is 4.68. The van der Waals surface area contributed by atoms with E-state index in [4.69, 9.17) is 0 Å². The second-order valence-electron chi connectivity index (χ2n) is 5.15. The number of aromatic nitrogens is 3. The molecule has 0 aromatic carbocycles. The van der Waals surface area contributed by atoms with E-state index in [1.54, 1.807) is 0 Å². The number of aliphatic hydroxyl groups excluding tert-OH is 1. The van der Waals surface area contributed by atoms with Crippen LogP contribution in [-0.4, -0.2) is 19.9 Å². The molecule has 0 spiro atoms. The lowest BCUT2D eigenvalue weighted by molar-refractivity contribution is 0.281. The first-order valence-corrected chi connectivity index (χ1v) is 7.26. The van der Waals surface area contributed by atoms with Crippen LogP contribution in [0.1, 0.15) is 48.5 Å². The summed E-state index contributed by atoms with van der Waals surface area (Å²) in [5.41, 5.74) is 5.37. The molecule has 0 unspecified atom stereocenters. The molecule has 108 valence electrons. The van der Waals surface area contributed by atoms with E-state index in [1.165, 1.54) is 5.56 Å². The van der Waals surface area contributed by atoms with Crippen LogP contribution < -0.4 is 0 Å². The van der Waals surface area contributed by atoms with E-state index in [0.29, 0.717) is 0 Å². The SMILES string of the molecule is CCCc1cc(CO)cc(-n2nc(C)c(CC)c2C)n1. The van der Waals surface area contributed by atoms with Gasteiger partial charge >= 0.3 is 0 Å². The first kappa shape index (κ1) is 14.7. The third kappa shape index (κ3) is 2.75. The molecule has 2 aromatic heterocycles. The maximum absolute atomic E-state index is 9.42. The van der Waals surface area contributed by atoms with Crippen LogP contribution in [-0.2, 0) is 19.4 Å². The Morgan fingerprint density at radius 3 is 2.50 bits per heavy atom. The molecule has 0 bridgehead atoms. The van der Waals surface area contributed by atoms with Gasteiger partial charge in [0.25, 0.3) is 0 Å². The lowest BCUT2D eigenvalue weighted by atomic mass is 10.1. The predicted octanol–water partition coefficient (Wildman–Crippen LogP) is 2.89. The molecule has 0 aliphatic carbocycles. The third-order valence-corrected chi connectivity index (χ3v) is 3.63. The van der Waals surface area contributed by atoms with Crippen LogP contribution in [0.25, 0.3) is 5.82 Å². The van der Waals surface area contributed by atoms with Gasteiger partial charge in [0.1, 0.15) is 0 Å². The van der Waals surface area contributed by atoms with Crippen molar-refractivity contribution in [3.05, 3.63) is 40.3 Å². The molecule has 20 heavy (non-hydrogen) atoms. The zero-order valence-electron chi connectivity index (χ0n) is 12.8. The van der Waals surface area contributed by atoms with E-state index in [-0.39, 0.29) is 6.61 Å². The average molecular weight is 273 g/mol. The highest BCUT2D eigenvalue weighted by atomic mass is 16.3. The summed E-state index contributed by atoms with van der Waals surface area (Å²) in [6.45, 7) is 8.41. The number of rotatable bonds is 5. The molecule has 0 saturated carbocycles. The molecule has 4 nitrogen and oxygen atoms in total. The van der Waals surface area contributed by atoms with Crippen molar-refractivity contribution < 1.29 is 5.11 Å². The summed E-state index contributed by atoms with van der Waals surface area (Å²) in [6.07, 6.45) is 2.93. The number of nitrogens with zero attached hydrogens (tertiary/aromatic N) is 3. The number of aliphatic hydroxyl groups is 1. The summed E-state index contributed by atoms with van der Waals surface area (Å²) in [7, 11) is 0. The van der Waals surface area contributed by atoms with Crippen LogP contribution in [0.2, 0.25) is 0 Å². The molecule has 0 fully saturated rings. The molecule has 0 aliphatic rings. The summed E-state index contributed by atoms with van der Waals surface area (Å²) >= 11 is 0. The van der Waals surface area contributed by atoms with Gasteiger partial charge in [0.15, 0.2) is 5.82 Å². The van der Waals surface area contributed by atoms with Gasteiger partial charge in [-0.3, -0.25) is 0 Å². The lowest BCUT2D eigenvalue weighted by Crippen LogP contribution is -2.06. The first-order chi connectivity index (χ1) is 9.60. The average Bonchev–Trinajstić information content (AvgIpc) is 2.73. The van der Waals surface area contributed by atoms with Gasteiger partial charge in [0, 0.05) is 11.4 Å². The Kier molecular flexibility index (Phi) is 4.55. The molecule has 0 amide bonds. The van der Waals surface area contributed by atoms with Crippen LogP contribution in [0.3, 0.4) is 0 Å². The molecule has 0 aliphatic heterocycles. The van der Waals surface area contributed by atoms with E-state index in [0.717, 1.165) is 47.7 Å². The second kappa shape index (κ2) is 6.18. The molecular weight excluding hydrogens is 250 g/mol. The Bertz CT molecular complexity index is 602. The molecule has 2 rings (SSSR count). The Morgan fingerprint density at radius 2 is 1.95 bits per heavy atom. The Hall–Kier alpha value is -1.68. The van der Waals surface area contributed by atoms with Gasteiger partial charge in [0.2, 0.25) is 0 Å². The minimum Gasteiger partial charge on any atom is -0.392 e. The van der Waals surface area contributed by atoms with Crippen molar-refractivity contribution in [3.63, 3.8) is 0 Å². The van der Waals surface area contributed by atoms with E-state index < -0.39 is 0 Å². The first-order valence-electron chi connectivity index (χ1n) is 7.26. The van der Waals surface area contributed by atoms with Crippen molar-refractivity contribution in [1.29, 1.82) is 0 Å². The standard InChI is InChI=1S/C16H23N3O/c1-5-7-14-8-13(10-20)9-16(17-14)19-12(4)15(6-2)11(3)18-19/h8-9,20H,5-7,10H2,1-4H3. The zero-order chi connectivity index (χ0) is 14.7. The fourth-order valence-electron chi connectivity index (χ4n) is 2.63. The predicted molar refractivity (Wildman–Crippen MR) is 80.1 cm³/mol. The van der Waals surface area contributed by atoms with Crippen molar-refractivity contribution in [3.8, 4) is 5.82 Å². The summed E-state index contributed by atoms with van der Waals surface area (Å²) in [6, 6.07) is 3.89. The van der Waals surface area contributed by atoms with Crippen molar-refractivity contribution in [1.82, 2.24) is 14.8 Å². The maximum atomic E-state index is 9.42. The molecule has 1 N–H and O–H groups in total. The molecule has 0 radical (unpaired) electrons. The van der Waals surface area contributed by atoms with E-state index in [2.05, 4.69) is 30.9 Å². The van der Waals surface area contributed by atoms with Crippen LogP contribution in [0.15, 0.2) is 12.1 Å². The van der Waals surface area contributed by atoms with Crippen molar-refractivity contribution in [2.45, 2.75) is 53.6 Å². The topological polar surface area (TPSA) is 50.9 Å². The number of hydrogen-bond donors (Lipinski definition) is 1. The van der Waals surface area contributed by atoms with Crippen LogP contribution in [0.4, 0.5) is 0 Å². The zero-order valence-corrected chi connectivity index (χ0v) is 12.8. The minimum absolute atomic E-state index is 0.0339. The highest BCUT2D eigenvalue weighted by molar-refractivity contribution is 5.36. The van der Waals surface area contributed by atoms with Gasteiger partial charge in [-0.2, -0.15) is 5.10 Å². The van der Waals surface area contributed by atoms with Gasteiger partial charge < -0.3 is 5.11 Å². The quantitative estimate of drug-likeness (QED) is 0.911. The van der Waals surface area contributed by atoms with Crippen LogP contribution in [0, 0.1) is 13.8 Å². The Labute approximate surface area is 120 Å². The largest absolute Gasteiger partial charge is 0.392 e. The van der Waals surface area contributed by atoms with Crippen molar-refractivity contribution in [2.75, 3.05) is 0 Å². The maximum Gasteiger partial charge on any atom is 0.154 e. The number of pyridine rings is 1. The van der Waals surface area contributed by atoms with Crippen LogP contribution >= 0.6 is 0 Å². The molecular formula is C16H23N3O. The normalized spacial score (nSPS) is 11.1. The minimum atomic E-state index is 0.0339. The Balaban J connectivity index is 2.54. The van der Waals surface area contributed by atoms with Crippen molar-refractivity contribution >= 4 is 0 Å². The van der Waals surface area contributed by atoms with Gasteiger partial charge in [-0.1, -0.05) is 20.3 Å². The number of aryl methyl sites for hydroxylation is 2. The van der Waals surface area contributed by atoms with Crippen molar-refractivity contribution in [2.24, 2.45) is 0 Å². The van der Waals surface area contributed by atoms with E-state index in [1.807, 2.05) is 23.7 Å². The molecule has 0 atom stereocenters. The summed E-state index contributed by atoms with van der Waals surface area (Å²) in [5, 5.41) is 14.0. The van der Waals surface area contributed by atoms with E-state index in [9.17, 15) is 5.11 Å². The monoisotopic (exact) mass is 273 g/mol. The Morgan fingerprint density at radius 1 is 1.20 bits per heavy atom. The van der Waals surface area contributed by atoms with Gasteiger partial charge in [-0.05, 0) is 49.9 Å². The van der Waals surface area contributed by atoms with Gasteiger partial charge in [-0.15, -0.1) is 0 Å². The third-order valence-electron chi connectivity index (χ3n) is 3.63. The fourth-order valence-corrected chi connectivity index (χ4v) is 2.63. The molecule has 0 saturated heterocycles. The molecule has 2 aromatic rings. The number of hydrogen-bond acceptors (Lipinski definition) is 3. The summed E-state index contributed by atoms with van der Waals surface area (Å²) < 4.78 is 1.90. The highest BCUT2D eigenvalue weighted by Gasteiger charge is 2.13. The van der Waals surface area contributed by atoms with Crippen LogP contribution in [0.5, 0.6) is 0 Å². The second-order valence-corrected chi connectivity index (χ2v) is 5.15. The lowest BCUT2D eigenvalue weighted by Gasteiger charge is -2.09. The smallest absolute Gasteiger partial charge is 0.154 e. The van der Waals surface area contributed by atoms with Gasteiger partial charge in [-0.25, -0.2) is 9.67 Å². The molecule has 2 heterocycles.